The molecule has 2 unspecified atom stereocenters. The molecule has 2 atom stereocenters. The minimum absolute atomic E-state index is 0.176. The van der Waals surface area contributed by atoms with Gasteiger partial charge in [-0.15, -0.1) is 0 Å². The highest BCUT2D eigenvalue weighted by atomic mass is 16.7. The van der Waals surface area contributed by atoms with Gasteiger partial charge in [-0.05, 0) is 12.8 Å². The molecule has 0 saturated carbocycles. The van der Waals surface area contributed by atoms with Crippen molar-refractivity contribution >= 4 is 17.9 Å². The van der Waals surface area contributed by atoms with E-state index in [1.807, 2.05) is 21.1 Å². The summed E-state index contributed by atoms with van der Waals surface area (Å²) < 4.78 is 22.6. The van der Waals surface area contributed by atoms with Crippen LogP contribution in [0.4, 0.5) is 0 Å². The van der Waals surface area contributed by atoms with Gasteiger partial charge < -0.3 is 28.5 Å². The van der Waals surface area contributed by atoms with Crippen LogP contribution in [0.3, 0.4) is 0 Å². The summed E-state index contributed by atoms with van der Waals surface area (Å²) in [5.74, 6) is -2.00. The van der Waals surface area contributed by atoms with Crippen molar-refractivity contribution in [3.63, 3.8) is 0 Å². The lowest BCUT2D eigenvalue weighted by atomic mass is 10.0. The fourth-order valence-electron chi connectivity index (χ4n) is 7.25. The molecule has 9 heteroatoms. The Labute approximate surface area is 358 Å². The topological polar surface area (TPSA) is 108 Å². The number of esters is 2. The number of carboxylic acid groups (broad SMARTS) is 1. The van der Waals surface area contributed by atoms with Crippen molar-refractivity contribution in [2.24, 2.45) is 0 Å². The molecule has 0 bridgehead atoms. The lowest BCUT2D eigenvalue weighted by Crippen LogP contribution is -2.40. The summed E-state index contributed by atoms with van der Waals surface area (Å²) in [5.41, 5.74) is 0. The number of hydrogen-bond donors (Lipinski definition) is 1. The summed E-state index contributed by atoms with van der Waals surface area (Å²) in [4.78, 5) is 36.8. The molecule has 0 amide bonds. The highest BCUT2D eigenvalue weighted by molar-refractivity contribution is 5.71. The van der Waals surface area contributed by atoms with Gasteiger partial charge in [-0.1, -0.05) is 213 Å². The van der Waals surface area contributed by atoms with Gasteiger partial charge in [0.15, 0.2) is 6.10 Å². The molecule has 0 aromatic heterocycles. The molecule has 58 heavy (non-hydrogen) atoms. The van der Waals surface area contributed by atoms with Crippen molar-refractivity contribution < 1.29 is 42.9 Å². The summed E-state index contributed by atoms with van der Waals surface area (Å²) in [6.45, 7) is 4.81. The van der Waals surface area contributed by atoms with E-state index in [1.165, 1.54) is 161 Å². The number of hydrogen-bond acceptors (Lipinski definition) is 7. The van der Waals surface area contributed by atoms with Crippen LogP contribution >= 0.6 is 0 Å². The van der Waals surface area contributed by atoms with Crippen molar-refractivity contribution in [1.82, 2.24) is 0 Å². The first kappa shape index (κ1) is 56.3. The Bertz CT molecular complexity index is 923. The van der Waals surface area contributed by atoms with Crippen LogP contribution < -0.4 is 0 Å². The van der Waals surface area contributed by atoms with Gasteiger partial charge in [0.2, 0.25) is 0 Å². The molecule has 0 saturated heterocycles. The van der Waals surface area contributed by atoms with Crippen LogP contribution in [0.25, 0.3) is 0 Å². The van der Waals surface area contributed by atoms with Crippen LogP contribution in [0, 0.1) is 0 Å². The van der Waals surface area contributed by atoms with Crippen molar-refractivity contribution in [3.8, 4) is 0 Å². The van der Waals surface area contributed by atoms with E-state index in [4.69, 9.17) is 18.9 Å². The lowest BCUT2D eigenvalue weighted by molar-refractivity contribution is -0.870. The van der Waals surface area contributed by atoms with E-state index in [9.17, 15) is 19.5 Å². The van der Waals surface area contributed by atoms with E-state index in [0.29, 0.717) is 17.4 Å². The van der Waals surface area contributed by atoms with Crippen LogP contribution in [0.15, 0.2) is 0 Å². The molecule has 9 nitrogen and oxygen atoms in total. The summed E-state index contributed by atoms with van der Waals surface area (Å²) in [5, 5.41) is 9.59. The predicted octanol–water partition coefficient (Wildman–Crippen LogP) is 13.3. The molecule has 1 N–H and O–H groups in total. The highest BCUT2D eigenvalue weighted by Gasteiger charge is 2.25. The number of ether oxygens (including phenoxy) is 4. The van der Waals surface area contributed by atoms with Gasteiger partial charge in [0.1, 0.15) is 13.2 Å². The zero-order valence-corrected chi connectivity index (χ0v) is 39.0. The van der Waals surface area contributed by atoms with Crippen LogP contribution in [-0.4, -0.2) is 87.4 Å². The van der Waals surface area contributed by atoms with E-state index in [2.05, 4.69) is 13.8 Å². The highest BCUT2D eigenvalue weighted by Crippen LogP contribution is 2.17. The third kappa shape index (κ3) is 42.4. The molecule has 0 spiro atoms. The van der Waals surface area contributed by atoms with Crippen molar-refractivity contribution in [1.29, 1.82) is 0 Å². The minimum Gasteiger partial charge on any atom is -0.477 e. The van der Waals surface area contributed by atoms with E-state index in [0.717, 1.165) is 51.4 Å². The third-order valence-electron chi connectivity index (χ3n) is 11.1. The smallest absolute Gasteiger partial charge is 0.361 e. The molecule has 0 rings (SSSR count). The molecular weight excluding hydrogens is 731 g/mol. The van der Waals surface area contributed by atoms with E-state index in [1.54, 1.807) is 0 Å². The number of rotatable bonds is 46. The van der Waals surface area contributed by atoms with Gasteiger partial charge in [0.25, 0.3) is 6.29 Å². The number of carbonyl (C=O) groups excluding carboxylic acids is 2. The molecule has 0 aromatic rings. The average Bonchev–Trinajstić information content (AvgIpc) is 3.18. The van der Waals surface area contributed by atoms with Crippen LogP contribution in [-0.2, 0) is 33.3 Å². The van der Waals surface area contributed by atoms with Crippen LogP contribution in [0.5, 0.6) is 0 Å². The molecule has 344 valence electrons. The zero-order valence-electron chi connectivity index (χ0n) is 39.0. The lowest BCUT2D eigenvalue weighted by Gasteiger charge is -2.25. The van der Waals surface area contributed by atoms with Crippen LogP contribution in [0.1, 0.15) is 239 Å². The summed E-state index contributed by atoms with van der Waals surface area (Å²) in [6.07, 6.45) is 40.9. The maximum absolute atomic E-state index is 12.7. The number of nitrogens with zero attached hydrogens (tertiary/aromatic N) is 1. The molecule has 0 aliphatic rings. The van der Waals surface area contributed by atoms with Crippen molar-refractivity contribution in [3.05, 3.63) is 0 Å². The standard InChI is InChI=1S/C49H95NO8/c1-6-8-10-12-13-14-15-16-17-18-19-20-21-22-23-24-25-26-27-28-29-30-31-32-33-34-36-38-40-47(52)58-45(43-56-46(51)39-37-35-11-9-7-2)44-57-49(48(53)54)55-42-41-50(3,4)5/h45,49H,6-44H2,1-5H3/p+1. The first-order chi connectivity index (χ1) is 28.1. The van der Waals surface area contributed by atoms with Gasteiger partial charge in [0.05, 0.1) is 34.4 Å². The average molecular weight is 827 g/mol. The number of carboxylic acids is 1. The van der Waals surface area contributed by atoms with E-state index >= 15 is 0 Å². The maximum atomic E-state index is 12.7. The van der Waals surface area contributed by atoms with E-state index < -0.39 is 24.3 Å². The first-order valence-corrected chi connectivity index (χ1v) is 24.7. The molecule has 0 radical (unpaired) electrons. The Hall–Kier alpha value is -1.71. The van der Waals surface area contributed by atoms with Gasteiger partial charge in [-0.25, -0.2) is 4.79 Å². The summed E-state index contributed by atoms with van der Waals surface area (Å²) in [7, 11) is 5.95. The van der Waals surface area contributed by atoms with Gasteiger partial charge in [0, 0.05) is 12.8 Å². The number of unbranched alkanes of at least 4 members (excludes halogenated alkanes) is 31. The van der Waals surface area contributed by atoms with Crippen molar-refractivity contribution in [2.75, 3.05) is 47.5 Å². The molecule has 0 aromatic carbocycles. The number of likely N-dealkylation sites (N-methyl/N-ethyl adjacent to an activating group) is 1. The van der Waals surface area contributed by atoms with Gasteiger partial charge in [-0.2, -0.15) is 0 Å². The number of quaternary nitrogens is 1. The fraction of sp³-hybridized carbons (Fsp3) is 0.939. The Morgan fingerprint density at radius 2 is 0.776 bits per heavy atom. The molecule has 0 aliphatic carbocycles. The second-order valence-corrected chi connectivity index (χ2v) is 18.1. The molecule has 0 aliphatic heterocycles. The van der Waals surface area contributed by atoms with Crippen molar-refractivity contribution in [2.45, 2.75) is 251 Å². The zero-order chi connectivity index (χ0) is 42.8. The monoisotopic (exact) mass is 827 g/mol. The Kier molecular flexibility index (Phi) is 40.8. The summed E-state index contributed by atoms with van der Waals surface area (Å²) >= 11 is 0. The SMILES string of the molecule is CCCCCCCCCCCCCCCCCCCCCCCCCCCCCCC(=O)OC(COC(=O)CCCCCCC)COC(OCC[N+](C)(C)C)C(=O)O. The van der Waals surface area contributed by atoms with Crippen LogP contribution in [0.2, 0.25) is 0 Å². The Balaban J connectivity index is 3.95. The fourth-order valence-corrected chi connectivity index (χ4v) is 7.25. The predicted molar refractivity (Wildman–Crippen MR) is 240 cm³/mol. The Morgan fingerprint density at radius 3 is 1.10 bits per heavy atom. The van der Waals surface area contributed by atoms with E-state index in [-0.39, 0.29) is 32.2 Å². The second-order valence-electron chi connectivity index (χ2n) is 18.1. The molecule has 0 heterocycles. The number of aliphatic carboxylic acids is 1. The molecule has 0 fully saturated rings. The molecular formula is C49H96NO8+. The number of carbonyl (C=O) groups is 3. The maximum Gasteiger partial charge on any atom is 0.361 e. The summed E-state index contributed by atoms with van der Waals surface area (Å²) in [6, 6.07) is 0. The largest absolute Gasteiger partial charge is 0.477 e. The third-order valence-corrected chi connectivity index (χ3v) is 11.1. The minimum atomic E-state index is -1.50. The normalized spacial score (nSPS) is 12.8. The quantitative estimate of drug-likeness (QED) is 0.0280. The Morgan fingerprint density at radius 1 is 0.448 bits per heavy atom. The first-order valence-electron chi connectivity index (χ1n) is 24.7. The van der Waals surface area contributed by atoms with Gasteiger partial charge in [-0.3, -0.25) is 9.59 Å². The van der Waals surface area contributed by atoms with Gasteiger partial charge >= 0.3 is 17.9 Å². The second kappa shape index (κ2) is 42.0.